The third-order valence-corrected chi connectivity index (χ3v) is 5.58. The molecule has 0 saturated carbocycles. The topological polar surface area (TPSA) is 81.7 Å². The zero-order valence-electron chi connectivity index (χ0n) is 15.9. The minimum atomic E-state index is -0.147. The van der Waals surface area contributed by atoms with Crippen LogP contribution in [-0.2, 0) is 17.9 Å². The number of thiophene rings is 1. The van der Waals surface area contributed by atoms with Crippen molar-refractivity contribution >= 4 is 23.2 Å². The summed E-state index contributed by atoms with van der Waals surface area (Å²) >= 11 is 1.47. The van der Waals surface area contributed by atoms with Crippen molar-refractivity contribution in [2.45, 2.75) is 38.5 Å². The predicted molar refractivity (Wildman–Crippen MR) is 110 cm³/mol. The highest BCUT2D eigenvalue weighted by Crippen LogP contribution is 2.14. The number of carbonyl (C=O) groups excluding carboxylic acids is 2. The molecule has 0 spiro atoms. The van der Waals surface area contributed by atoms with Gasteiger partial charge in [-0.2, -0.15) is 11.3 Å². The standard InChI is InChI=1S/C21H27N3O3S/c25-19-6-10-24(11-7-19)14-17-3-1-16(2-4-17)13-23-20(26)5-9-22-21(27)18-8-12-28-15-18/h1-4,8,12,15,19,25H,5-7,9-11,13-14H2,(H,22,27)(H,23,26). The maximum atomic E-state index is 12.0. The van der Waals surface area contributed by atoms with Gasteiger partial charge in [0.1, 0.15) is 0 Å². The molecule has 1 aromatic heterocycles. The first kappa shape index (κ1) is 20.5. The summed E-state index contributed by atoms with van der Waals surface area (Å²) < 4.78 is 0. The minimum Gasteiger partial charge on any atom is -0.393 e. The van der Waals surface area contributed by atoms with Crippen LogP contribution in [0.3, 0.4) is 0 Å². The van der Waals surface area contributed by atoms with E-state index in [9.17, 15) is 14.7 Å². The molecule has 2 amide bonds. The number of nitrogens with zero attached hydrogens (tertiary/aromatic N) is 1. The zero-order valence-corrected chi connectivity index (χ0v) is 16.7. The van der Waals surface area contributed by atoms with Gasteiger partial charge in [0.2, 0.25) is 5.91 Å². The fourth-order valence-electron chi connectivity index (χ4n) is 3.17. The molecule has 1 aromatic carbocycles. The van der Waals surface area contributed by atoms with Crippen LogP contribution in [-0.4, -0.2) is 47.6 Å². The summed E-state index contributed by atoms with van der Waals surface area (Å²) in [5.41, 5.74) is 2.92. The molecule has 1 aliphatic rings. The van der Waals surface area contributed by atoms with Crippen molar-refractivity contribution in [3.05, 3.63) is 57.8 Å². The molecule has 0 aliphatic carbocycles. The average Bonchev–Trinajstić information content (AvgIpc) is 3.24. The molecule has 0 unspecified atom stereocenters. The summed E-state index contributed by atoms with van der Waals surface area (Å²) in [7, 11) is 0. The summed E-state index contributed by atoms with van der Waals surface area (Å²) in [6.07, 6.45) is 1.80. The molecule has 3 N–H and O–H groups in total. The van der Waals surface area contributed by atoms with Gasteiger partial charge in [0.05, 0.1) is 6.10 Å². The number of rotatable bonds is 8. The molecule has 150 valence electrons. The third-order valence-electron chi connectivity index (χ3n) is 4.90. The molecule has 0 bridgehead atoms. The van der Waals surface area contributed by atoms with Gasteiger partial charge in [0.15, 0.2) is 0 Å². The molecule has 2 aromatic rings. The summed E-state index contributed by atoms with van der Waals surface area (Å²) in [5.74, 6) is -0.227. The van der Waals surface area contributed by atoms with Gasteiger partial charge in [-0.1, -0.05) is 24.3 Å². The number of aliphatic hydroxyl groups excluding tert-OH is 1. The fourth-order valence-corrected chi connectivity index (χ4v) is 3.81. The van der Waals surface area contributed by atoms with Crippen LogP contribution in [0, 0.1) is 0 Å². The molecular weight excluding hydrogens is 374 g/mol. The van der Waals surface area contributed by atoms with Crippen molar-refractivity contribution in [1.29, 1.82) is 0 Å². The Labute approximate surface area is 169 Å². The summed E-state index contributed by atoms with van der Waals surface area (Å²) in [6.45, 7) is 3.56. The van der Waals surface area contributed by atoms with Gasteiger partial charge in [-0.25, -0.2) is 0 Å². The number of hydrogen-bond acceptors (Lipinski definition) is 5. The monoisotopic (exact) mass is 401 g/mol. The highest BCUT2D eigenvalue weighted by Gasteiger charge is 2.16. The van der Waals surface area contributed by atoms with E-state index in [2.05, 4.69) is 27.7 Å². The van der Waals surface area contributed by atoms with E-state index in [-0.39, 0.29) is 24.3 Å². The Morgan fingerprint density at radius 1 is 1.07 bits per heavy atom. The van der Waals surface area contributed by atoms with Crippen LogP contribution >= 0.6 is 11.3 Å². The van der Waals surface area contributed by atoms with Gasteiger partial charge in [-0.05, 0) is 35.4 Å². The number of nitrogens with one attached hydrogen (secondary N) is 2. The average molecular weight is 402 g/mol. The smallest absolute Gasteiger partial charge is 0.252 e. The van der Waals surface area contributed by atoms with Crippen LogP contribution in [0.4, 0.5) is 0 Å². The first-order chi connectivity index (χ1) is 13.6. The van der Waals surface area contributed by atoms with Crippen LogP contribution in [0.15, 0.2) is 41.1 Å². The predicted octanol–water partition coefficient (Wildman–Crippen LogP) is 2.14. The Morgan fingerprint density at radius 3 is 2.46 bits per heavy atom. The first-order valence-electron chi connectivity index (χ1n) is 9.65. The number of aliphatic hydroxyl groups is 1. The lowest BCUT2D eigenvalue weighted by Crippen LogP contribution is -2.35. The van der Waals surface area contributed by atoms with Gasteiger partial charge in [-0.3, -0.25) is 14.5 Å². The molecule has 0 radical (unpaired) electrons. The Hall–Kier alpha value is -2.22. The largest absolute Gasteiger partial charge is 0.393 e. The number of likely N-dealkylation sites (tertiary alicyclic amines) is 1. The Balaban J connectivity index is 1.34. The van der Waals surface area contributed by atoms with Crippen LogP contribution in [0.25, 0.3) is 0 Å². The Bertz CT molecular complexity index is 754. The molecule has 1 fully saturated rings. The summed E-state index contributed by atoms with van der Waals surface area (Å²) in [6, 6.07) is 10.0. The van der Waals surface area contributed by atoms with Crippen LogP contribution in [0.2, 0.25) is 0 Å². The third kappa shape index (κ3) is 6.44. The van der Waals surface area contributed by atoms with Crippen LogP contribution < -0.4 is 10.6 Å². The lowest BCUT2D eigenvalue weighted by Gasteiger charge is -2.29. The van der Waals surface area contributed by atoms with Crippen molar-refractivity contribution in [3.63, 3.8) is 0 Å². The van der Waals surface area contributed by atoms with E-state index in [0.717, 1.165) is 38.0 Å². The van der Waals surface area contributed by atoms with Crippen LogP contribution in [0.5, 0.6) is 0 Å². The first-order valence-corrected chi connectivity index (χ1v) is 10.6. The highest BCUT2D eigenvalue weighted by atomic mass is 32.1. The lowest BCUT2D eigenvalue weighted by atomic mass is 10.1. The van der Waals surface area contributed by atoms with Gasteiger partial charge in [0.25, 0.3) is 5.91 Å². The molecule has 1 saturated heterocycles. The summed E-state index contributed by atoms with van der Waals surface area (Å²) in [5, 5.41) is 18.8. The van der Waals surface area contributed by atoms with E-state index in [1.807, 2.05) is 17.5 Å². The fraction of sp³-hybridized carbons (Fsp3) is 0.429. The SMILES string of the molecule is O=C(CCNC(=O)c1ccsc1)NCc1ccc(CN2CCC(O)CC2)cc1. The number of amides is 2. The van der Waals surface area contributed by atoms with E-state index < -0.39 is 0 Å². The number of benzene rings is 1. The second kappa shape index (κ2) is 10.4. The quantitative estimate of drug-likeness (QED) is 0.633. The molecule has 1 aliphatic heterocycles. The van der Waals surface area contributed by atoms with Crippen molar-refractivity contribution in [2.75, 3.05) is 19.6 Å². The molecule has 28 heavy (non-hydrogen) atoms. The van der Waals surface area contributed by atoms with Gasteiger partial charge >= 0.3 is 0 Å². The molecule has 3 rings (SSSR count). The van der Waals surface area contributed by atoms with E-state index in [1.54, 1.807) is 11.4 Å². The van der Waals surface area contributed by atoms with E-state index in [0.29, 0.717) is 18.7 Å². The second-order valence-electron chi connectivity index (χ2n) is 7.12. The van der Waals surface area contributed by atoms with Gasteiger partial charge in [0, 0.05) is 50.1 Å². The van der Waals surface area contributed by atoms with Gasteiger partial charge < -0.3 is 15.7 Å². The normalized spacial score (nSPS) is 15.3. The van der Waals surface area contributed by atoms with Crippen molar-refractivity contribution in [2.24, 2.45) is 0 Å². The van der Waals surface area contributed by atoms with Crippen molar-refractivity contribution in [1.82, 2.24) is 15.5 Å². The molecule has 7 heteroatoms. The van der Waals surface area contributed by atoms with Gasteiger partial charge in [-0.15, -0.1) is 0 Å². The molecule has 6 nitrogen and oxygen atoms in total. The maximum Gasteiger partial charge on any atom is 0.252 e. The zero-order chi connectivity index (χ0) is 19.8. The second-order valence-corrected chi connectivity index (χ2v) is 7.90. The highest BCUT2D eigenvalue weighted by molar-refractivity contribution is 7.08. The number of carbonyl (C=O) groups is 2. The lowest BCUT2D eigenvalue weighted by molar-refractivity contribution is -0.121. The van der Waals surface area contributed by atoms with E-state index in [1.165, 1.54) is 16.9 Å². The Morgan fingerprint density at radius 2 is 1.79 bits per heavy atom. The summed E-state index contributed by atoms with van der Waals surface area (Å²) in [4.78, 5) is 26.1. The maximum absolute atomic E-state index is 12.0. The minimum absolute atomic E-state index is 0.0819. The molecular formula is C21H27N3O3S. The number of piperidine rings is 1. The van der Waals surface area contributed by atoms with Crippen LogP contribution in [0.1, 0.15) is 40.7 Å². The molecule has 2 heterocycles. The van der Waals surface area contributed by atoms with E-state index in [4.69, 9.17) is 0 Å². The Kier molecular flexibility index (Phi) is 7.59. The van der Waals surface area contributed by atoms with Crippen molar-refractivity contribution < 1.29 is 14.7 Å². The van der Waals surface area contributed by atoms with Crippen molar-refractivity contribution in [3.8, 4) is 0 Å². The number of hydrogen-bond donors (Lipinski definition) is 3. The van der Waals surface area contributed by atoms with E-state index >= 15 is 0 Å². The molecule has 0 atom stereocenters.